The van der Waals surface area contributed by atoms with Crippen LogP contribution < -0.4 is 20.1 Å². The summed E-state index contributed by atoms with van der Waals surface area (Å²) in [4.78, 5) is 2.48. The third-order valence-electron chi connectivity index (χ3n) is 5.19. The maximum Gasteiger partial charge on any atom is 0.231 e. The molecular weight excluding hydrogens is 394 g/mol. The molecule has 0 unspecified atom stereocenters. The van der Waals surface area contributed by atoms with Crippen LogP contribution in [0.15, 0.2) is 42.5 Å². The highest BCUT2D eigenvalue weighted by Gasteiger charge is 2.25. The van der Waals surface area contributed by atoms with Crippen LogP contribution in [-0.2, 0) is 6.54 Å². The summed E-state index contributed by atoms with van der Waals surface area (Å²) in [5.41, 5.74) is 2.24. The van der Waals surface area contributed by atoms with Crippen molar-refractivity contribution < 1.29 is 9.47 Å². The predicted molar refractivity (Wildman–Crippen MR) is 115 cm³/mol. The van der Waals surface area contributed by atoms with Crippen LogP contribution >= 0.6 is 23.8 Å². The molecule has 1 fully saturated rings. The zero-order chi connectivity index (χ0) is 19.3. The highest BCUT2D eigenvalue weighted by Crippen LogP contribution is 2.32. The molecule has 0 aromatic heterocycles. The van der Waals surface area contributed by atoms with Crippen molar-refractivity contribution in [3.8, 4) is 11.5 Å². The SMILES string of the molecule is S=C(NCc1ccc2c(c1)OCO2)NC[C@H](c1ccccc1Cl)N1CCCC1. The molecular formula is C21H24ClN3O2S. The second kappa shape index (κ2) is 8.99. The number of benzene rings is 2. The van der Waals surface area contributed by atoms with E-state index in [4.69, 9.17) is 33.3 Å². The Balaban J connectivity index is 1.34. The third kappa shape index (κ3) is 4.51. The second-order valence-electron chi connectivity index (χ2n) is 7.03. The van der Waals surface area contributed by atoms with Crippen LogP contribution in [0.4, 0.5) is 0 Å². The van der Waals surface area contributed by atoms with Gasteiger partial charge in [0.1, 0.15) is 0 Å². The Hall–Kier alpha value is -2.02. The topological polar surface area (TPSA) is 45.8 Å². The molecule has 28 heavy (non-hydrogen) atoms. The van der Waals surface area contributed by atoms with E-state index < -0.39 is 0 Å². The molecule has 1 saturated heterocycles. The maximum absolute atomic E-state index is 6.48. The van der Waals surface area contributed by atoms with Gasteiger partial charge in [0.2, 0.25) is 6.79 Å². The summed E-state index contributed by atoms with van der Waals surface area (Å²) < 4.78 is 10.8. The average Bonchev–Trinajstić information content (AvgIpc) is 3.39. The van der Waals surface area contributed by atoms with E-state index >= 15 is 0 Å². The van der Waals surface area contributed by atoms with Crippen molar-refractivity contribution in [2.75, 3.05) is 26.4 Å². The number of nitrogens with zero attached hydrogens (tertiary/aromatic N) is 1. The molecule has 2 N–H and O–H groups in total. The van der Waals surface area contributed by atoms with Crippen molar-refractivity contribution in [3.63, 3.8) is 0 Å². The number of likely N-dealkylation sites (tertiary alicyclic amines) is 1. The van der Waals surface area contributed by atoms with Gasteiger partial charge in [0.25, 0.3) is 0 Å². The molecule has 0 aliphatic carbocycles. The molecule has 2 aromatic carbocycles. The van der Waals surface area contributed by atoms with E-state index in [0.717, 1.165) is 47.3 Å². The van der Waals surface area contributed by atoms with Gasteiger partial charge in [-0.25, -0.2) is 0 Å². The summed E-state index contributed by atoms with van der Waals surface area (Å²) in [5.74, 6) is 1.57. The molecule has 2 aliphatic rings. The minimum Gasteiger partial charge on any atom is -0.454 e. The van der Waals surface area contributed by atoms with Gasteiger partial charge in [-0.2, -0.15) is 0 Å². The Morgan fingerprint density at radius 1 is 1.07 bits per heavy atom. The van der Waals surface area contributed by atoms with Gasteiger partial charge in [-0.3, -0.25) is 4.90 Å². The monoisotopic (exact) mass is 417 g/mol. The molecule has 7 heteroatoms. The van der Waals surface area contributed by atoms with Crippen LogP contribution in [0.25, 0.3) is 0 Å². The van der Waals surface area contributed by atoms with Gasteiger partial charge in [0.05, 0.1) is 6.04 Å². The van der Waals surface area contributed by atoms with Crippen molar-refractivity contribution in [2.45, 2.75) is 25.4 Å². The summed E-state index contributed by atoms with van der Waals surface area (Å²) >= 11 is 12.0. The molecule has 0 radical (unpaired) electrons. The molecule has 2 aliphatic heterocycles. The van der Waals surface area contributed by atoms with E-state index in [2.05, 4.69) is 21.6 Å². The minimum absolute atomic E-state index is 0.210. The summed E-state index contributed by atoms with van der Waals surface area (Å²) in [6.45, 7) is 3.82. The van der Waals surface area contributed by atoms with E-state index in [-0.39, 0.29) is 12.8 Å². The highest BCUT2D eigenvalue weighted by atomic mass is 35.5. The number of nitrogens with one attached hydrogen (secondary N) is 2. The van der Waals surface area contributed by atoms with Gasteiger partial charge in [-0.15, -0.1) is 0 Å². The van der Waals surface area contributed by atoms with Gasteiger partial charge in [0, 0.05) is 18.1 Å². The number of fused-ring (bicyclic) bond motifs is 1. The largest absolute Gasteiger partial charge is 0.454 e. The van der Waals surface area contributed by atoms with E-state index in [9.17, 15) is 0 Å². The number of ether oxygens (including phenoxy) is 2. The fraction of sp³-hybridized carbons (Fsp3) is 0.381. The molecule has 2 heterocycles. The van der Waals surface area contributed by atoms with Crippen molar-refractivity contribution in [1.29, 1.82) is 0 Å². The lowest BCUT2D eigenvalue weighted by molar-refractivity contribution is 0.174. The molecule has 1 atom stereocenters. The highest BCUT2D eigenvalue weighted by molar-refractivity contribution is 7.80. The van der Waals surface area contributed by atoms with E-state index in [1.165, 1.54) is 12.8 Å². The number of thiocarbonyl (C=S) groups is 1. The van der Waals surface area contributed by atoms with Gasteiger partial charge in [0.15, 0.2) is 16.6 Å². The summed E-state index contributed by atoms with van der Waals surface area (Å²) in [7, 11) is 0. The van der Waals surface area contributed by atoms with Crippen LogP contribution in [0, 0.1) is 0 Å². The zero-order valence-corrected chi connectivity index (χ0v) is 17.2. The van der Waals surface area contributed by atoms with E-state index in [1.54, 1.807) is 0 Å². The summed E-state index contributed by atoms with van der Waals surface area (Å²) in [5, 5.41) is 8.09. The Morgan fingerprint density at radius 2 is 1.86 bits per heavy atom. The van der Waals surface area contributed by atoms with Crippen molar-refractivity contribution >= 4 is 28.9 Å². The number of halogens is 1. The predicted octanol–water partition coefficient (Wildman–Crippen LogP) is 3.87. The molecule has 0 bridgehead atoms. The lowest BCUT2D eigenvalue weighted by Gasteiger charge is -2.29. The zero-order valence-electron chi connectivity index (χ0n) is 15.6. The molecule has 0 spiro atoms. The van der Waals surface area contributed by atoms with Crippen LogP contribution in [0.3, 0.4) is 0 Å². The normalized spacial score (nSPS) is 16.8. The number of hydrogen-bond acceptors (Lipinski definition) is 4. The minimum atomic E-state index is 0.210. The molecule has 0 saturated carbocycles. The average molecular weight is 418 g/mol. The fourth-order valence-electron chi connectivity index (χ4n) is 3.72. The van der Waals surface area contributed by atoms with Crippen molar-refractivity contribution in [3.05, 3.63) is 58.6 Å². The van der Waals surface area contributed by atoms with Crippen LogP contribution in [0.2, 0.25) is 5.02 Å². The second-order valence-corrected chi connectivity index (χ2v) is 7.85. The van der Waals surface area contributed by atoms with Gasteiger partial charge >= 0.3 is 0 Å². The smallest absolute Gasteiger partial charge is 0.231 e. The Morgan fingerprint density at radius 3 is 2.68 bits per heavy atom. The van der Waals surface area contributed by atoms with E-state index in [0.29, 0.717) is 11.7 Å². The molecule has 148 valence electrons. The molecule has 2 aromatic rings. The fourth-order valence-corrected chi connectivity index (χ4v) is 4.14. The Kier molecular flexibility index (Phi) is 6.20. The Bertz CT molecular complexity index is 842. The van der Waals surface area contributed by atoms with Gasteiger partial charge < -0.3 is 20.1 Å². The quantitative estimate of drug-likeness (QED) is 0.696. The van der Waals surface area contributed by atoms with Crippen molar-refractivity contribution in [2.24, 2.45) is 0 Å². The van der Waals surface area contributed by atoms with Crippen LogP contribution in [0.1, 0.15) is 30.0 Å². The lowest BCUT2D eigenvalue weighted by Crippen LogP contribution is -2.41. The first-order chi connectivity index (χ1) is 13.7. The van der Waals surface area contributed by atoms with Crippen LogP contribution in [-0.4, -0.2) is 36.4 Å². The number of rotatable bonds is 6. The maximum atomic E-state index is 6.48. The first-order valence-corrected chi connectivity index (χ1v) is 10.4. The molecule has 4 rings (SSSR count). The first-order valence-electron chi connectivity index (χ1n) is 9.59. The standard InChI is InChI=1S/C21H24ClN3O2S/c22-17-6-2-1-5-16(17)18(25-9-3-4-10-25)13-24-21(28)23-12-15-7-8-19-20(11-15)27-14-26-19/h1-2,5-8,11,18H,3-4,9-10,12-14H2,(H2,23,24,28)/t18-/m1/s1. The number of hydrogen-bond donors (Lipinski definition) is 2. The summed E-state index contributed by atoms with van der Waals surface area (Å²) in [6, 6.07) is 14.2. The Labute approximate surface area is 176 Å². The van der Waals surface area contributed by atoms with Crippen LogP contribution in [0.5, 0.6) is 11.5 Å². The lowest BCUT2D eigenvalue weighted by atomic mass is 10.1. The van der Waals surface area contributed by atoms with Gasteiger partial charge in [-0.1, -0.05) is 35.9 Å². The third-order valence-corrected chi connectivity index (χ3v) is 5.82. The first kappa shape index (κ1) is 19.3. The van der Waals surface area contributed by atoms with Crippen molar-refractivity contribution in [1.82, 2.24) is 15.5 Å². The molecule has 0 amide bonds. The van der Waals surface area contributed by atoms with E-state index in [1.807, 2.05) is 36.4 Å². The molecule has 5 nitrogen and oxygen atoms in total. The van der Waals surface area contributed by atoms with Gasteiger partial charge in [-0.05, 0) is 67.5 Å². The summed E-state index contributed by atoms with van der Waals surface area (Å²) in [6.07, 6.45) is 2.46.